The zero-order valence-corrected chi connectivity index (χ0v) is 21.4. The summed E-state index contributed by atoms with van der Waals surface area (Å²) in [5.41, 5.74) is 3.51. The second kappa shape index (κ2) is 12.2. The molecule has 0 unspecified atom stereocenters. The molecule has 3 N–H and O–H groups in total. The Morgan fingerprint density at radius 2 is 1.49 bits per heavy atom. The van der Waals surface area contributed by atoms with Gasteiger partial charge < -0.3 is 15.5 Å². The molecule has 4 aromatic carbocycles. The smallest absolute Gasteiger partial charge is 0.259 e. The van der Waals surface area contributed by atoms with Gasteiger partial charge in [-0.05, 0) is 72.5 Å². The van der Waals surface area contributed by atoms with Crippen molar-refractivity contribution < 1.29 is 15.0 Å². The first kappa shape index (κ1) is 25.9. The van der Waals surface area contributed by atoms with Crippen LogP contribution < -0.4 is 5.32 Å². The van der Waals surface area contributed by atoms with Gasteiger partial charge in [0.15, 0.2) is 5.75 Å². The van der Waals surface area contributed by atoms with Crippen molar-refractivity contribution in [2.45, 2.75) is 52.4 Å². The van der Waals surface area contributed by atoms with Gasteiger partial charge in [-0.15, -0.1) is 10.2 Å². The molecule has 0 saturated carbocycles. The number of rotatable bonds is 10. The third-order valence-electron chi connectivity index (χ3n) is 6.39. The topological polar surface area (TPSA) is 94.3 Å². The van der Waals surface area contributed by atoms with Crippen LogP contribution in [0, 0.1) is 0 Å². The third-order valence-corrected chi connectivity index (χ3v) is 6.39. The lowest BCUT2D eigenvalue weighted by Gasteiger charge is -2.12. The summed E-state index contributed by atoms with van der Waals surface area (Å²) in [6.07, 6.45) is 6.23. The fourth-order valence-electron chi connectivity index (χ4n) is 4.22. The van der Waals surface area contributed by atoms with Gasteiger partial charge in [-0.2, -0.15) is 0 Å². The maximum atomic E-state index is 13.2. The molecule has 190 valence electrons. The normalized spacial score (nSPS) is 11.3. The molecule has 0 atom stereocenters. The largest absolute Gasteiger partial charge is 0.506 e. The van der Waals surface area contributed by atoms with Crippen LogP contribution in [0.15, 0.2) is 83.0 Å². The number of phenols is 2. The van der Waals surface area contributed by atoms with Crippen molar-refractivity contribution in [3.63, 3.8) is 0 Å². The number of phenolic OH excluding ortho intramolecular Hbond substituents is 2. The van der Waals surface area contributed by atoms with E-state index in [1.54, 1.807) is 18.2 Å². The Bertz CT molecular complexity index is 1410. The molecule has 0 saturated heterocycles. The molecule has 0 radical (unpaired) electrons. The molecule has 37 heavy (non-hydrogen) atoms. The minimum Gasteiger partial charge on any atom is -0.506 e. The van der Waals surface area contributed by atoms with E-state index in [0.29, 0.717) is 16.8 Å². The summed E-state index contributed by atoms with van der Waals surface area (Å²) >= 11 is 0. The summed E-state index contributed by atoms with van der Waals surface area (Å²) in [6, 6.07) is 22.1. The zero-order chi connectivity index (χ0) is 26.2. The standard InChI is InChI=1S/C31H33N3O3/c1-3-5-9-21-13-16-24(17-14-21)32-31(37)26-20-23-11-7-8-12-25(23)29(30(26)36)34-33-27-19-22(10-6-4-2)15-18-28(27)35/h7-8,11-20,35-36H,3-6,9-10H2,1-2H3,(H,32,37). The number of nitrogens with zero attached hydrogens (tertiary/aromatic N) is 2. The number of carbonyl (C=O) groups is 1. The van der Waals surface area contributed by atoms with Crippen LogP contribution in [0.1, 0.15) is 61.0 Å². The number of carbonyl (C=O) groups excluding carboxylic acids is 1. The Kier molecular flexibility index (Phi) is 8.52. The van der Waals surface area contributed by atoms with Crippen molar-refractivity contribution in [3.05, 3.63) is 89.5 Å². The van der Waals surface area contributed by atoms with Crippen molar-refractivity contribution in [1.82, 2.24) is 0 Å². The summed E-state index contributed by atoms with van der Waals surface area (Å²) in [7, 11) is 0. The van der Waals surface area contributed by atoms with Crippen LogP contribution in [-0.4, -0.2) is 16.1 Å². The molecular formula is C31H33N3O3. The number of hydrogen-bond donors (Lipinski definition) is 3. The van der Waals surface area contributed by atoms with E-state index in [4.69, 9.17) is 0 Å². The van der Waals surface area contributed by atoms with E-state index in [0.717, 1.165) is 49.5 Å². The summed E-state index contributed by atoms with van der Waals surface area (Å²) in [5, 5.41) is 34.3. The summed E-state index contributed by atoms with van der Waals surface area (Å²) in [4.78, 5) is 13.2. The fraction of sp³-hybridized carbons (Fsp3) is 0.258. The third kappa shape index (κ3) is 6.33. The average Bonchev–Trinajstić information content (AvgIpc) is 2.92. The maximum absolute atomic E-state index is 13.2. The van der Waals surface area contributed by atoms with E-state index >= 15 is 0 Å². The predicted molar refractivity (Wildman–Crippen MR) is 150 cm³/mol. The minimum atomic E-state index is -0.439. The highest BCUT2D eigenvalue weighted by atomic mass is 16.3. The molecule has 4 rings (SSSR count). The highest BCUT2D eigenvalue weighted by Crippen LogP contribution is 2.40. The number of unbranched alkanes of at least 4 members (excludes halogenated alkanes) is 2. The number of amides is 1. The van der Waals surface area contributed by atoms with Crippen LogP contribution in [0.2, 0.25) is 0 Å². The number of hydrogen-bond acceptors (Lipinski definition) is 5. The second-order valence-corrected chi connectivity index (χ2v) is 9.22. The lowest BCUT2D eigenvalue weighted by Crippen LogP contribution is -2.12. The van der Waals surface area contributed by atoms with Gasteiger partial charge in [-0.1, -0.05) is 69.2 Å². The predicted octanol–water partition coefficient (Wildman–Crippen LogP) is 8.60. The van der Waals surface area contributed by atoms with Crippen LogP contribution in [-0.2, 0) is 12.8 Å². The summed E-state index contributed by atoms with van der Waals surface area (Å²) in [5.74, 6) is -0.698. The average molecular weight is 496 g/mol. The van der Waals surface area contributed by atoms with Crippen molar-refractivity contribution in [3.8, 4) is 11.5 Å². The number of fused-ring (bicyclic) bond motifs is 1. The molecule has 0 bridgehead atoms. The SMILES string of the molecule is CCCCc1ccc(NC(=O)c2cc3ccccc3c(N=Nc3cc(CCCC)ccc3O)c2O)cc1. The van der Waals surface area contributed by atoms with E-state index in [-0.39, 0.29) is 22.7 Å². The molecule has 0 aliphatic carbocycles. The van der Waals surface area contributed by atoms with Gasteiger partial charge in [0.25, 0.3) is 5.91 Å². The molecule has 1 amide bonds. The summed E-state index contributed by atoms with van der Waals surface area (Å²) < 4.78 is 0. The first-order chi connectivity index (χ1) is 18.0. The van der Waals surface area contributed by atoms with Crippen LogP contribution in [0.5, 0.6) is 11.5 Å². The van der Waals surface area contributed by atoms with Gasteiger partial charge in [-0.25, -0.2) is 0 Å². The lowest BCUT2D eigenvalue weighted by molar-refractivity contribution is 0.102. The highest BCUT2D eigenvalue weighted by molar-refractivity contribution is 6.11. The number of aromatic hydroxyl groups is 2. The van der Waals surface area contributed by atoms with E-state index in [2.05, 4.69) is 29.4 Å². The highest BCUT2D eigenvalue weighted by Gasteiger charge is 2.19. The van der Waals surface area contributed by atoms with Gasteiger partial charge in [0.05, 0.1) is 5.56 Å². The van der Waals surface area contributed by atoms with Crippen LogP contribution in [0.25, 0.3) is 10.8 Å². The van der Waals surface area contributed by atoms with Crippen LogP contribution in [0.3, 0.4) is 0 Å². The molecule has 0 aliphatic rings. The summed E-state index contributed by atoms with van der Waals surface area (Å²) in [6.45, 7) is 4.28. The van der Waals surface area contributed by atoms with Gasteiger partial charge in [0.1, 0.15) is 17.1 Å². The number of nitrogens with one attached hydrogen (secondary N) is 1. The molecule has 6 heteroatoms. The Morgan fingerprint density at radius 1 is 0.811 bits per heavy atom. The molecule has 0 heterocycles. The number of benzene rings is 4. The second-order valence-electron chi connectivity index (χ2n) is 9.22. The van der Waals surface area contributed by atoms with E-state index in [9.17, 15) is 15.0 Å². The van der Waals surface area contributed by atoms with Crippen LogP contribution >= 0.6 is 0 Å². The molecule has 0 aromatic heterocycles. The Morgan fingerprint density at radius 3 is 2.22 bits per heavy atom. The van der Waals surface area contributed by atoms with Crippen molar-refractivity contribution in [2.24, 2.45) is 10.2 Å². The zero-order valence-electron chi connectivity index (χ0n) is 21.4. The van der Waals surface area contributed by atoms with Gasteiger partial charge in [0, 0.05) is 11.1 Å². The maximum Gasteiger partial charge on any atom is 0.259 e. The molecule has 6 nitrogen and oxygen atoms in total. The Balaban J connectivity index is 1.66. The van der Waals surface area contributed by atoms with Crippen molar-refractivity contribution in [1.29, 1.82) is 0 Å². The monoisotopic (exact) mass is 495 g/mol. The first-order valence-corrected chi connectivity index (χ1v) is 12.9. The van der Waals surface area contributed by atoms with Crippen molar-refractivity contribution >= 4 is 33.7 Å². The number of anilines is 1. The van der Waals surface area contributed by atoms with E-state index < -0.39 is 5.91 Å². The van der Waals surface area contributed by atoms with E-state index in [1.807, 2.05) is 54.6 Å². The van der Waals surface area contributed by atoms with Crippen LogP contribution in [0.4, 0.5) is 17.1 Å². The molecule has 0 fully saturated rings. The molecular weight excluding hydrogens is 462 g/mol. The first-order valence-electron chi connectivity index (χ1n) is 12.9. The van der Waals surface area contributed by atoms with Gasteiger partial charge in [-0.3, -0.25) is 4.79 Å². The quantitative estimate of drug-likeness (QED) is 0.192. The van der Waals surface area contributed by atoms with E-state index in [1.165, 1.54) is 5.56 Å². The fourth-order valence-corrected chi connectivity index (χ4v) is 4.22. The Hall–Kier alpha value is -4.19. The molecule has 0 spiro atoms. The molecule has 0 aliphatic heterocycles. The number of azo groups is 1. The lowest BCUT2D eigenvalue weighted by atomic mass is 10.0. The number of aryl methyl sites for hydroxylation is 2. The van der Waals surface area contributed by atoms with Gasteiger partial charge >= 0.3 is 0 Å². The minimum absolute atomic E-state index is 0.00377. The molecule has 4 aromatic rings. The van der Waals surface area contributed by atoms with Gasteiger partial charge in [0.2, 0.25) is 0 Å². The van der Waals surface area contributed by atoms with Crippen molar-refractivity contribution in [2.75, 3.05) is 5.32 Å². The Labute approximate surface area is 217 Å².